The summed E-state index contributed by atoms with van der Waals surface area (Å²) in [6.45, 7) is 6.55. The summed E-state index contributed by atoms with van der Waals surface area (Å²) in [5.74, 6) is 0.688. The predicted molar refractivity (Wildman–Crippen MR) is 61.6 cm³/mol. The molecule has 0 amide bonds. The van der Waals surface area contributed by atoms with Gasteiger partial charge in [-0.1, -0.05) is 20.8 Å². The van der Waals surface area contributed by atoms with Crippen LogP contribution in [0.25, 0.3) is 0 Å². The zero-order valence-electron chi connectivity index (χ0n) is 10.1. The van der Waals surface area contributed by atoms with Crippen LogP contribution in [0.1, 0.15) is 51.0 Å². The molecular weight excluding hydrogens is 186 g/mol. The number of hydrogen-bond donors (Lipinski definition) is 1. The van der Waals surface area contributed by atoms with E-state index in [1.54, 1.807) is 0 Å². The summed E-state index contributed by atoms with van der Waals surface area (Å²) in [7, 11) is 1.99. The molecule has 1 aromatic heterocycles. The van der Waals surface area contributed by atoms with Crippen LogP contribution in [0.2, 0.25) is 0 Å². The van der Waals surface area contributed by atoms with Crippen molar-refractivity contribution in [1.29, 1.82) is 0 Å². The van der Waals surface area contributed by atoms with Crippen LogP contribution in [0, 0.1) is 5.92 Å². The van der Waals surface area contributed by atoms with Crippen LogP contribution in [0.3, 0.4) is 0 Å². The molecule has 0 bridgehead atoms. The Balaban J connectivity index is 2.28. The lowest BCUT2D eigenvalue weighted by atomic mass is 9.92. The average Bonchev–Trinajstić information content (AvgIpc) is 2.87. The lowest BCUT2D eigenvalue weighted by Crippen LogP contribution is -2.16. The van der Waals surface area contributed by atoms with Crippen molar-refractivity contribution in [3.63, 3.8) is 0 Å². The fourth-order valence-electron chi connectivity index (χ4n) is 1.86. The molecule has 3 nitrogen and oxygen atoms in total. The fourth-order valence-corrected chi connectivity index (χ4v) is 1.86. The maximum atomic E-state index is 6.20. The molecule has 2 N–H and O–H groups in total. The standard InChI is InChI=1S/C12H21N3/c1-12(2,3)10-7-9(15(4)14-10)11(13)8-5-6-8/h7-8,11H,5-6,13H2,1-4H3. The van der Waals surface area contributed by atoms with Crippen LogP contribution < -0.4 is 5.73 Å². The van der Waals surface area contributed by atoms with Gasteiger partial charge in [0.05, 0.1) is 11.4 Å². The SMILES string of the molecule is Cn1nc(C(C)(C)C)cc1C(N)C1CC1. The van der Waals surface area contributed by atoms with Gasteiger partial charge in [0.1, 0.15) is 0 Å². The molecule has 1 saturated carbocycles. The van der Waals surface area contributed by atoms with Crippen molar-refractivity contribution in [2.45, 2.75) is 45.1 Å². The number of nitrogens with two attached hydrogens (primary N) is 1. The van der Waals surface area contributed by atoms with E-state index in [-0.39, 0.29) is 11.5 Å². The Labute approximate surface area is 91.7 Å². The largest absolute Gasteiger partial charge is 0.322 e. The molecule has 1 aliphatic carbocycles. The Kier molecular flexibility index (Phi) is 2.38. The maximum Gasteiger partial charge on any atom is 0.0681 e. The van der Waals surface area contributed by atoms with Crippen molar-refractivity contribution >= 4 is 0 Å². The molecule has 1 unspecified atom stereocenters. The molecule has 1 aromatic rings. The molecule has 1 heterocycles. The van der Waals surface area contributed by atoms with Crippen molar-refractivity contribution in [2.24, 2.45) is 18.7 Å². The van der Waals surface area contributed by atoms with Gasteiger partial charge in [0.15, 0.2) is 0 Å². The summed E-state index contributed by atoms with van der Waals surface area (Å²) in [6.07, 6.45) is 2.55. The average molecular weight is 207 g/mol. The van der Waals surface area contributed by atoms with Crippen molar-refractivity contribution in [1.82, 2.24) is 9.78 Å². The molecule has 0 aromatic carbocycles. The van der Waals surface area contributed by atoms with Crippen LogP contribution >= 0.6 is 0 Å². The number of aryl methyl sites for hydroxylation is 1. The van der Waals surface area contributed by atoms with Gasteiger partial charge in [-0.2, -0.15) is 5.10 Å². The third kappa shape index (κ3) is 2.07. The van der Waals surface area contributed by atoms with E-state index in [1.807, 2.05) is 11.7 Å². The van der Waals surface area contributed by atoms with Gasteiger partial charge in [-0.25, -0.2) is 0 Å². The minimum Gasteiger partial charge on any atom is -0.322 e. The second-order valence-electron chi connectivity index (χ2n) is 5.69. The molecule has 0 saturated heterocycles. The normalized spacial score (nSPS) is 19.3. The quantitative estimate of drug-likeness (QED) is 0.807. The Morgan fingerprint density at radius 3 is 2.47 bits per heavy atom. The van der Waals surface area contributed by atoms with Gasteiger partial charge >= 0.3 is 0 Å². The van der Waals surface area contributed by atoms with Crippen LogP contribution in [0.4, 0.5) is 0 Å². The van der Waals surface area contributed by atoms with Crippen LogP contribution in [0.5, 0.6) is 0 Å². The first-order chi connectivity index (χ1) is 6.89. The van der Waals surface area contributed by atoms with E-state index in [9.17, 15) is 0 Å². The van der Waals surface area contributed by atoms with Gasteiger partial charge in [-0.15, -0.1) is 0 Å². The van der Waals surface area contributed by atoms with E-state index in [1.165, 1.54) is 18.5 Å². The van der Waals surface area contributed by atoms with E-state index in [0.29, 0.717) is 5.92 Å². The monoisotopic (exact) mass is 207 g/mol. The zero-order valence-corrected chi connectivity index (χ0v) is 10.1. The predicted octanol–water partition coefficient (Wildman–Crippen LogP) is 2.13. The van der Waals surface area contributed by atoms with Crippen LogP contribution in [-0.4, -0.2) is 9.78 Å². The highest BCUT2D eigenvalue weighted by molar-refractivity contribution is 5.21. The Morgan fingerprint density at radius 1 is 1.47 bits per heavy atom. The second-order valence-corrected chi connectivity index (χ2v) is 5.69. The van der Waals surface area contributed by atoms with Gasteiger partial charge in [0.2, 0.25) is 0 Å². The first-order valence-electron chi connectivity index (χ1n) is 5.69. The van der Waals surface area contributed by atoms with Crippen molar-refractivity contribution in [2.75, 3.05) is 0 Å². The molecular formula is C12H21N3. The van der Waals surface area contributed by atoms with Crippen molar-refractivity contribution in [3.8, 4) is 0 Å². The maximum absolute atomic E-state index is 6.20. The zero-order chi connectivity index (χ0) is 11.2. The summed E-state index contributed by atoms with van der Waals surface area (Å²) in [5.41, 5.74) is 8.63. The molecule has 15 heavy (non-hydrogen) atoms. The first kappa shape index (κ1) is 10.7. The van der Waals surface area contributed by atoms with Gasteiger partial charge in [-0.05, 0) is 24.8 Å². The lowest BCUT2D eigenvalue weighted by molar-refractivity contribution is 0.539. The van der Waals surface area contributed by atoms with E-state index in [4.69, 9.17) is 5.73 Å². The Morgan fingerprint density at radius 2 is 2.07 bits per heavy atom. The summed E-state index contributed by atoms with van der Waals surface area (Å²) in [4.78, 5) is 0. The van der Waals surface area contributed by atoms with Gasteiger partial charge in [0.25, 0.3) is 0 Å². The minimum atomic E-state index is 0.110. The summed E-state index contributed by atoms with van der Waals surface area (Å²) < 4.78 is 1.95. The van der Waals surface area contributed by atoms with Crippen LogP contribution in [-0.2, 0) is 12.5 Å². The molecule has 0 radical (unpaired) electrons. The van der Waals surface area contributed by atoms with E-state index in [0.717, 1.165) is 5.69 Å². The first-order valence-corrected chi connectivity index (χ1v) is 5.69. The van der Waals surface area contributed by atoms with E-state index in [2.05, 4.69) is 31.9 Å². The number of aromatic nitrogens is 2. The highest BCUT2D eigenvalue weighted by atomic mass is 15.3. The molecule has 0 spiro atoms. The highest BCUT2D eigenvalue weighted by Gasteiger charge is 2.32. The Bertz CT molecular complexity index is 355. The molecule has 2 rings (SSSR count). The van der Waals surface area contributed by atoms with Gasteiger partial charge < -0.3 is 5.73 Å². The molecule has 84 valence electrons. The second kappa shape index (κ2) is 3.34. The van der Waals surface area contributed by atoms with Gasteiger partial charge in [-0.3, -0.25) is 4.68 Å². The topological polar surface area (TPSA) is 43.8 Å². The lowest BCUT2D eigenvalue weighted by Gasteiger charge is -2.13. The minimum absolute atomic E-state index is 0.110. The molecule has 0 aliphatic heterocycles. The van der Waals surface area contributed by atoms with E-state index >= 15 is 0 Å². The van der Waals surface area contributed by atoms with Crippen molar-refractivity contribution < 1.29 is 0 Å². The van der Waals surface area contributed by atoms with Crippen molar-refractivity contribution in [3.05, 3.63) is 17.5 Å². The summed E-state index contributed by atoms with van der Waals surface area (Å²) in [6, 6.07) is 2.35. The highest BCUT2D eigenvalue weighted by Crippen LogP contribution is 2.39. The number of hydrogen-bond acceptors (Lipinski definition) is 2. The van der Waals surface area contributed by atoms with Crippen LogP contribution in [0.15, 0.2) is 6.07 Å². The number of nitrogens with zero attached hydrogens (tertiary/aromatic N) is 2. The molecule has 1 aliphatic rings. The fraction of sp³-hybridized carbons (Fsp3) is 0.750. The number of rotatable bonds is 2. The summed E-state index contributed by atoms with van der Waals surface area (Å²) >= 11 is 0. The third-order valence-corrected chi connectivity index (χ3v) is 3.16. The van der Waals surface area contributed by atoms with Gasteiger partial charge in [0, 0.05) is 18.5 Å². The summed E-state index contributed by atoms with van der Waals surface area (Å²) in [5, 5.41) is 4.55. The molecule has 1 atom stereocenters. The molecule has 1 fully saturated rings. The van der Waals surface area contributed by atoms with E-state index < -0.39 is 0 Å². The molecule has 3 heteroatoms. The smallest absolute Gasteiger partial charge is 0.0681 e. The Hall–Kier alpha value is -0.830. The third-order valence-electron chi connectivity index (χ3n) is 3.16.